The summed E-state index contributed by atoms with van der Waals surface area (Å²) in [5, 5.41) is 31.8. The summed E-state index contributed by atoms with van der Waals surface area (Å²) in [5.74, 6) is 0.320. The van der Waals surface area contributed by atoms with Crippen LogP contribution in [0.5, 0.6) is 0 Å². The van der Waals surface area contributed by atoms with Crippen LogP contribution in [0.4, 0.5) is 5.82 Å². The van der Waals surface area contributed by atoms with Crippen LogP contribution in [0.2, 0.25) is 0 Å². The van der Waals surface area contributed by atoms with E-state index in [9.17, 15) is 15.3 Å². The number of fused-ring (bicyclic) bond motifs is 1. The Kier molecular flexibility index (Phi) is 3.60. The highest BCUT2D eigenvalue weighted by Gasteiger charge is 2.58. The Morgan fingerprint density at radius 2 is 2.18 bits per heavy atom. The van der Waals surface area contributed by atoms with Crippen molar-refractivity contribution in [3.63, 3.8) is 0 Å². The Hall–Kier alpha value is -1.01. The van der Waals surface area contributed by atoms with Gasteiger partial charge in [-0.1, -0.05) is 0 Å². The number of halogens is 1. The number of ether oxygens (including phenoxy) is 1. The van der Waals surface area contributed by atoms with Crippen molar-refractivity contribution in [2.24, 2.45) is 0 Å². The smallest absolute Gasteiger partial charge is 0.164 e. The number of aliphatic hydroxyl groups is 3. The highest BCUT2D eigenvalue weighted by atomic mass is 127. The molecular formula is C13H17IN4O4. The zero-order valence-corrected chi connectivity index (χ0v) is 14.2. The van der Waals surface area contributed by atoms with Gasteiger partial charge in [0.15, 0.2) is 6.23 Å². The summed E-state index contributed by atoms with van der Waals surface area (Å²) in [5.41, 5.74) is 4.66. The molecule has 120 valence electrons. The first-order chi connectivity index (χ1) is 10.1. The normalized spacial score (nSPS) is 34.9. The Morgan fingerprint density at radius 1 is 1.50 bits per heavy atom. The molecule has 3 rings (SSSR count). The third kappa shape index (κ3) is 2.27. The van der Waals surface area contributed by atoms with Gasteiger partial charge in [0.25, 0.3) is 0 Å². The van der Waals surface area contributed by atoms with Gasteiger partial charge in [0.05, 0.1) is 5.39 Å². The minimum Gasteiger partial charge on any atom is -0.385 e. The molecule has 22 heavy (non-hydrogen) atoms. The lowest BCUT2D eigenvalue weighted by Crippen LogP contribution is -2.52. The van der Waals surface area contributed by atoms with Crippen LogP contribution < -0.4 is 5.73 Å². The number of anilines is 1. The number of alkyl halides is 1. The minimum absolute atomic E-state index is 0.320. The molecule has 9 heteroatoms. The molecule has 0 amide bonds. The number of hydrogen-bond acceptors (Lipinski definition) is 7. The van der Waals surface area contributed by atoms with Crippen molar-refractivity contribution in [3.05, 3.63) is 18.6 Å². The number of hydrogen-bond donors (Lipinski definition) is 4. The van der Waals surface area contributed by atoms with Crippen molar-refractivity contribution in [3.8, 4) is 0 Å². The average Bonchev–Trinajstić information content (AvgIpc) is 2.91. The van der Waals surface area contributed by atoms with Crippen LogP contribution in [0, 0.1) is 0 Å². The zero-order valence-electron chi connectivity index (χ0n) is 12.0. The first kappa shape index (κ1) is 15.9. The molecule has 3 heterocycles. The van der Waals surface area contributed by atoms with Gasteiger partial charge in [0.2, 0.25) is 0 Å². The Bertz CT molecular complexity index is 712. The van der Waals surface area contributed by atoms with Crippen LogP contribution in [-0.2, 0) is 4.74 Å². The molecule has 5 N–H and O–H groups in total. The van der Waals surface area contributed by atoms with E-state index in [2.05, 4.69) is 9.97 Å². The second-order valence-corrected chi connectivity index (χ2v) is 8.00. The van der Waals surface area contributed by atoms with Gasteiger partial charge in [-0.15, -0.1) is 0 Å². The van der Waals surface area contributed by atoms with E-state index in [1.165, 1.54) is 20.2 Å². The maximum atomic E-state index is 10.5. The topological polar surface area (TPSA) is 127 Å². The van der Waals surface area contributed by atoms with Crippen LogP contribution in [0.25, 0.3) is 11.0 Å². The monoisotopic (exact) mass is 420 g/mol. The third-order valence-electron chi connectivity index (χ3n) is 3.97. The van der Waals surface area contributed by atoms with Crippen molar-refractivity contribution >= 4 is 39.4 Å². The lowest BCUT2D eigenvalue weighted by molar-refractivity contribution is -0.114. The molecule has 5 atom stereocenters. The number of rotatable bonds is 2. The first-order valence-electron chi connectivity index (χ1n) is 6.68. The molecule has 1 fully saturated rings. The van der Waals surface area contributed by atoms with Crippen LogP contribution in [0.15, 0.2) is 18.6 Å². The summed E-state index contributed by atoms with van der Waals surface area (Å²) in [4.78, 5) is 8.06. The second-order valence-electron chi connectivity index (χ2n) is 5.82. The second kappa shape index (κ2) is 4.99. The quantitative estimate of drug-likeness (QED) is 0.403. The van der Waals surface area contributed by atoms with Gasteiger partial charge in [-0.25, -0.2) is 9.97 Å². The molecule has 0 saturated carbocycles. The Balaban J connectivity index is 2.07. The summed E-state index contributed by atoms with van der Waals surface area (Å²) in [7, 11) is 0. The van der Waals surface area contributed by atoms with Gasteiger partial charge < -0.3 is 30.4 Å². The van der Waals surface area contributed by atoms with E-state index in [0.29, 0.717) is 16.9 Å². The van der Waals surface area contributed by atoms with Gasteiger partial charge in [0, 0.05) is 6.20 Å². The lowest BCUT2D eigenvalue weighted by Gasteiger charge is -2.32. The molecule has 2 aromatic heterocycles. The van der Waals surface area contributed by atoms with Gasteiger partial charge in [-0.3, -0.25) is 0 Å². The van der Waals surface area contributed by atoms with Crippen molar-refractivity contribution < 1.29 is 20.1 Å². The molecule has 0 spiro atoms. The van der Waals surface area contributed by atoms with E-state index in [1.54, 1.807) is 39.4 Å². The number of nitrogen functional groups attached to an aromatic ring is 1. The standard InChI is InChI=1S/C13H17IN4O4/c1-12(20)7(19)10(22-11(12)13(2,14)21)18-4-3-6-8(15)16-5-17-9(6)18/h3-5,7,10-11,19-21H,1-2H3,(H2,15,16,17)/t7-,10+,11-,12-,13?/m0/s1. The summed E-state index contributed by atoms with van der Waals surface area (Å²) < 4.78 is 5.98. The molecule has 1 unspecified atom stereocenters. The predicted molar refractivity (Wildman–Crippen MR) is 87.1 cm³/mol. The maximum absolute atomic E-state index is 10.5. The highest BCUT2D eigenvalue weighted by Crippen LogP contribution is 2.44. The van der Waals surface area contributed by atoms with E-state index in [1.807, 2.05) is 0 Å². The molecule has 1 saturated heterocycles. The summed E-state index contributed by atoms with van der Waals surface area (Å²) in [6, 6.07) is 1.71. The molecule has 1 aliphatic heterocycles. The van der Waals surface area contributed by atoms with Crippen LogP contribution in [0.3, 0.4) is 0 Å². The van der Waals surface area contributed by atoms with E-state index in [-0.39, 0.29) is 0 Å². The number of aliphatic hydroxyl groups excluding tert-OH is 1. The van der Waals surface area contributed by atoms with E-state index < -0.39 is 27.6 Å². The molecule has 0 bridgehead atoms. The van der Waals surface area contributed by atoms with Gasteiger partial charge in [-0.2, -0.15) is 0 Å². The van der Waals surface area contributed by atoms with Crippen LogP contribution in [0.1, 0.15) is 20.1 Å². The summed E-state index contributed by atoms with van der Waals surface area (Å²) >= 11 is 1.77. The van der Waals surface area contributed by atoms with Gasteiger partial charge in [0.1, 0.15) is 39.2 Å². The molecule has 1 aliphatic rings. The van der Waals surface area contributed by atoms with E-state index >= 15 is 0 Å². The minimum atomic E-state index is -1.62. The predicted octanol–water partition coefficient (Wildman–Crippen LogP) is 0.166. The van der Waals surface area contributed by atoms with Crippen molar-refractivity contribution in [1.29, 1.82) is 0 Å². The fourth-order valence-corrected chi connectivity index (χ4v) is 3.64. The third-order valence-corrected chi connectivity index (χ3v) is 4.53. The van der Waals surface area contributed by atoms with E-state index in [4.69, 9.17) is 10.5 Å². The maximum Gasteiger partial charge on any atom is 0.164 e. The number of nitrogens with two attached hydrogens (primary N) is 1. The summed E-state index contributed by atoms with van der Waals surface area (Å²) in [6.07, 6.45) is -0.139. The fraction of sp³-hybridized carbons (Fsp3) is 0.538. The molecule has 2 aromatic rings. The Labute approximate surface area is 140 Å². The van der Waals surface area contributed by atoms with Crippen LogP contribution >= 0.6 is 22.6 Å². The average molecular weight is 420 g/mol. The fourth-order valence-electron chi connectivity index (χ4n) is 2.87. The van der Waals surface area contributed by atoms with E-state index in [0.717, 1.165) is 0 Å². The van der Waals surface area contributed by atoms with Gasteiger partial charge >= 0.3 is 0 Å². The zero-order chi connectivity index (χ0) is 16.3. The van der Waals surface area contributed by atoms with Gasteiger partial charge in [-0.05, 0) is 42.5 Å². The molecule has 0 aromatic carbocycles. The summed E-state index contributed by atoms with van der Waals surface area (Å²) in [6.45, 7) is 2.94. The number of aromatic nitrogens is 3. The molecule has 0 radical (unpaired) electrons. The first-order valence-corrected chi connectivity index (χ1v) is 7.76. The lowest BCUT2D eigenvalue weighted by atomic mass is 9.91. The Morgan fingerprint density at radius 3 is 2.77 bits per heavy atom. The molecule has 8 nitrogen and oxygen atoms in total. The number of nitrogens with zero attached hydrogens (tertiary/aromatic N) is 3. The molecule has 0 aliphatic carbocycles. The van der Waals surface area contributed by atoms with Crippen LogP contribution in [-0.4, -0.2) is 51.3 Å². The molecular weight excluding hydrogens is 403 g/mol. The SMILES string of the molecule is CC(O)(I)[C@H]1O[C@@H](n2ccc3c(N)ncnc32)[C@H](O)[C@]1(C)O. The van der Waals surface area contributed by atoms with Crippen molar-refractivity contribution in [1.82, 2.24) is 14.5 Å². The van der Waals surface area contributed by atoms with Crippen molar-refractivity contribution in [2.45, 2.75) is 41.5 Å². The largest absolute Gasteiger partial charge is 0.385 e. The highest BCUT2D eigenvalue weighted by molar-refractivity contribution is 14.1. The van der Waals surface area contributed by atoms with Crippen molar-refractivity contribution in [2.75, 3.05) is 5.73 Å².